The Morgan fingerprint density at radius 1 is 0.607 bits per heavy atom. The molecule has 61 heavy (non-hydrogen) atoms. The minimum Gasteiger partial charge on any atom is -0.391 e. The van der Waals surface area contributed by atoms with Crippen LogP contribution in [0.25, 0.3) is 0 Å². The molecule has 2 aliphatic rings. The lowest BCUT2D eigenvalue weighted by molar-refractivity contribution is -0.154. The molecule has 0 radical (unpaired) electrons. The van der Waals surface area contributed by atoms with E-state index < -0.39 is 95.7 Å². The van der Waals surface area contributed by atoms with Gasteiger partial charge in [0, 0.05) is 54.7 Å². The third-order valence-electron chi connectivity index (χ3n) is 12.1. The number of carbonyl (C=O) groups excluding carboxylic acids is 8. The minimum absolute atomic E-state index is 0.0367. The summed E-state index contributed by atoms with van der Waals surface area (Å²) in [5, 5.41) is 16.2. The predicted molar refractivity (Wildman–Crippen MR) is 229 cm³/mol. The minimum atomic E-state index is -1.75. The van der Waals surface area contributed by atoms with Crippen LogP contribution in [0.15, 0.2) is 30.3 Å². The lowest BCUT2D eigenvalue weighted by Gasteiger charge is -2.38. The van der Waals surface area contributed by atoms with E-state index in [4.69, 9.17) is 0 Å². The van der Waals surface area contributed by atoms with Crippen LogP contribution in [-0.2, 0) is 44.8 Å². The Hall–Kier alpha value is -5.06. The van der Waals surface area contributed by atoms with Crippen molar-refractivity contribution in [3.05, 3.63) is 35.9 Å². The summed E-state index contributed by atoms with van der Waals surface area (Å²) in [6.07, 6.45) is 1.18. The van der Waals surface area contributed by atoms with Gasteiger partial charge in [-0.05, 0) is 70.3 Å². The molecule has 2 heterocycles. The van der Waals surface area contributed by atoms with Gasteiger partial charge in [-0.25, -0.2) is 0 Å². The number of piperidine rings is 1. The molecule has 17 heteroatoms. The molecule has 1 aromatic rings. The third-order valence-corrected chi connectivity index (χ3v) is 12.1. The largest absolute Gasteiger partial charge is 0.391 e. The Morgan fingerprint density at radius 2 is 1.05 bits per heavy atom. The highest BCUT2D eigenvalue weighted by atomic mass is 16.3. The van der Waals surface area contributed by atoms with Crippen molar-refractivity contribution in [2.24, 2.45) is 11.8 Å². The number of likely N-dealkylation sites (N-methyl/N-ethyl adjacent to an activating group) is 5. The summed E-state index contributed by atoms with van der Waals surface area (Å²) < 4.78 is 0. The highest BCUT2D eigenvalue weighted by Gasteiger charge is 2.44. The van der Waals surface area contributed by atoms with Gasteiger partial charge in [0.1, 0.15) is 36.3 Å². The van der Waals surface area contributed by atoms with Gasteiger partial charge in [-0.1, -0.05) is 58.0 Å². The van der Waals surface area contributed by atoms with E-state index in [1.807, 2.05) is 33.8 Å². The monoisotopic (exact) mass is 855 g/mol. The Labute approximate surface area is 361 Å². The standard InChI is InChI=1S/C44H70N8O9/c1-26(2)23-32-38(55)46-36(44(61)52-21-17-14-18-22-52)43(60)48(9)29(6)40(57)51(12)34(25-31-19-15-13-16-20-31)41(58)50(11)33(24-27(3)4)37(54)45-35(30(7)53)42(59)47(8)28(5)39(56)49(32)10/h13,15-16,19-20,26-30,32-36,53H,14,17-18,21-25H2,1-12H3,(H,45,54)(H,46,55)/t28-,29-,30+,32-,33-,34-,35-,36-/m0/s1. The second-order valence-corrected chi connectivity index (χ2v) is 17.6. The Kier molecular flexibility index (Phi) is 18.3. The molecule has 8 atom stereocenters. The van der Waals surface area contributed by atoms with Gasteiger partial charge in [0.15, 0.2) is 6.04 Å². The number of amides is 8. The number of likely N-dealkylation sites (tertiary alicyclic amines) is 1. The molecular formula is C44H70N8O9. The number of nitrogens with zero attached hydrogens (tertiary/aromatic N) is 6. The van der Waals surface area contributed by atoms with Crippen molar-refractivity contribution in [3.8, 4) is 0 Å². The van der Waals surface area contributed by atoms with E-state index >= 15 is 0 Å². The van der Waals surface area contributed by atoms with Gasteiger partial charge in [0.05, 0.1) is 6.10 Å². The SMILES string of the molecule is CC(C)C[C@H]1C(=O)N[C@H](C(=O)N2CCCCC2)C(=O)N(C)[C@@H](C)C(=O)N(C)[C@@H](Cc2ccccc2)C(=O)N(C)[C@@H](CC(C)C)C(=O)N[C@@H]([C@@H](C)O)C(=O)N(C)[C@@H](C)C(=O)N1C. The second-order valence-electron chi connectivity index (χ2n) is 17.6. The maximum atomic E-state index is 14.7. The van der Waals surface area contributed by atoms with Crippen LogP contribution in [-0.4, -0.2) is 178 Å². The van der Waals surface area contributed by atoms with Gasteiger partial charge < -0.3 is 45.1 Å². The fourth-order valence-corrected chi connectivity index (χ4v) is 7.83. The summed E-state index contributed by atoms with van der Waals surface area (Å²) in [6.45, 7) is 12.4. The Balaban J connectivity index is 2.26. The zero-order valence-corrected chi connectivity index (χ0v) is 38.2. The summed E-state index contributed by atoms with van der Waals surface area (Å²) in [6, 6.07) is -0.287. The quantitative estimate of drug-likeness (QED) is 0.318. The molecule has 3 N–H and O–H groups in total. The second kappa shape index (κ2) is 22.2. The number of carbonyl (C=O) groups is 8. The van der Waals surface area contributed by atoms with Crippen molar-refractivity contribution in [1.29, 1.82) is 0 Å². The molecule has 3 rings (SSSR count). The van der Waals surface area contributed by atoms with Crippen molar-refractivity contribution in [3.63, 3.8) is 0 Å². The van der Waals surface area contributed by atoms with Crippen LogP contribution >= 0.6 is 0 Å². The van der Waals surface area contributed by atoms with Crippen molar-refractivity contribution in [2.75, 3.05) is 48.3 Å². The van der Waals surface area contributed by atoms with Gasteiger partial charge in [-0.2, -0.15) is 0 Å². The van der Waals surface area contributed by atoms with Crippen molar-refractivity contribution >= 4 is 47.3 Å². The normalized spacial score (nSPS) is 27.1. The zero-order chi connectivity index (χ0) is 46.0. The molecule has 0 aromatic heterocycles. The summed E-state index contributed by atoms with van der Waals surface area (Å²) in [5.41, 5.74) is 0.712. The first-order valence-corrected chi connectivity index (χ1v) is 21.5. The fourth-order valence-electron chi connectivity index (χ4n) is 7.83. The summed E-state index contributed by atoms with van der Waals surface area (Å²) in [7, 11) is 6.97. The Morgan fingerprint density at radius 3 is 1.52 bits per heavy atom. The molecule has 2 aliphatic heterocycles. The number of aliphatic hydroxyl groups is 1. The third kappa shape index (κ3) is 12.5. The summed E-state index contributed by atoms with van der Waals surface area (Å²) in [4.78, 5) is 122. The molecule has 340 valence electrons. The molecular weight excluding hydrogens is 785 g/mol. The highest BCUT2D eigenvalue weighted by molar-refractivity contribution is 6.08. The molecule has 0 aliphatic carbocycles. The molecule has 2 fully saturated rings. The predicted octanol–water partition coefficient (Wildman–Crippen LogP) is 0.873. The molecule has 0 unspecified atom stereocenters. The van der Waals surface area contributed by atoms with Crippen molar-refractivity contribution in [2.45, 2.75) is 135 Å². The number of hydrogen-bond acceptors (Lipinski definition) is 9. The zero-order valence-electron chi connectivity index (χ0n) is 38.2. The van der Waals surface area contributed by atoms with E-state index in [0.29, 0.717) is 31.5 Å². The van der Waals surface area contributed by atoms with E-state index in [1.54, 1.807) is 24.3 Å². The smallest absolute Gasteiger partial charge is 0.255 e. The van der Waals surface area contributed by atoms with Crippen LogP contribution in [0.4, 0.5) is 0 Å². The fraction of sp³-hybridized carbons (Fsp3) is 0.682. The van der Waals surface area contributed by atoms with Gasteiger partial charge in [-0.15, -0.1) is 0 Å². The van der Waals surface area contributed by atoms with Crippen LogP contribution in [0, 0.1) is 11.8 Å². The highest BCUT2D eigenvalue weighted by Crippen LogP contribution is 2.21. The molecule has 1 aromatic carbocycles. The average molecular weight is 855 g/mol. The summed E-state index contributed by atoms with van der Waals surface area (Å²) >= 11 is 0. The van der Waals surface area contributed by atoms with Gasteiger partial charge in [0.25, 0.3) is 11.8 Å². The number of benzene rings is 1. The van der Waals surface area contributed by atoms with Crippen molar-refractivity contribution < 1.29 is 43.5 Å². The first-order chi connectivity index (χ1) is 28.5. The van der Waals surface area contributed by atoms with E-state index in [0.717, 1.165) is 16.2 Å². The van der Waals surface area contributed by atoms with Gasteiger partial charge in [0.2, 0.25) is 35.4 Å². The molecule has 8 amide bonds. The van der Waals surface area contributed by atoms with E-state index in [-0.39, 0.29) is 31.1 Å². The summed E-state index contributed by atoms with van der Waals surface area (Å²) in [5.74, 6) is -6.00. The molecule has 2 saturated heterocycles. The van der Waals surface area contributed by atoms with Gasteiger partial charge >= 0.3 is 0 Å². The number of nitrogens with one attached hydrogen (secondary N) is 2. The number of hydrogen-bond donors (Lipinski definition) is 3. The lowest BCUT2D eigenvalue weighted by atomic mass is 9.98. The van der Waals surface area contributed by atoms with Crippen LogP contribution in [0.3, 0.4) is 0 Å². The first-order valence-electron chi connectivity index (χ1n) is 21.5. The van der Waals surface area contributed by atoms with Crippen LogP contribution in [0.5, 0.6) is 0 Å². The average Bonchev–Trinajstić information content (AvgIpc) is 3.24. The maximum Gasteiger partial charge on any atom is 0.255 e. The molecule has 0 saturated carbocycles. The van der Waals surface area contributed by atoms with E-state index in [2.05, 4.69) is 10.6 Å². The number of rotatable bonds is 8. The lowest BCUT2D eigenvalue weighted by Crippen LogP contribution is -2.63. The molecule has 0 spiro atoms. The first kappa shape index (κ1) is 50.3. The van der Waals surface area contributed by atoms with E-state index in [9.17, 15) is 43.5 Å². The van der Waals surface area contributed by atoms with Crippen LogP contribution in [0.2, 0.25) is 0 Å². The van der Waals surface area contributed by atoms with Crippen LogP contribution < -0.4 is 10.6 Å². The Bertz CT molecular complexity index is 1730. The topological polar surface area (TPSA) is 200 Å². The molecule has 17 nitrogen and oxygen atoms in total. The van der Waals surface area contributed by atoms with E-state index in [1.165, 1.54) is 75.6 Å². The maximum absolute atomic E-state index is 14.7. The van der Waals surface area contributed by atoms with Gasteiger partial charge in [-0.3, -0.25) is 38.4 Å². The molecule has 0 bridgehead atoms. The number of aliphatic hydroxyl groups excluding tert-OH is 1. The van der Waals surface area contributed by atoms with Crippen LogP contribution in [0.1, 0.15) is 86.1 Å². The van der Waals surface area contributed by atoms with Crippen molar-refractivity contribution in [1.82, 2.24) is 40.0 Å².